The van der Waals surface area contributed by atoms with Crippen LogP contribution < -0.4 is 25.3 Å². The SMILES string of the molecule is COc1ccc(C(NC(=O)/C=C/c2ccc(OCC(N)=O)c(OC)c2)c2ccccc2)cc1. The van der Waals surface area contributed by atoms with Gasteiger partial charge >= 0.3 is 0 Å². The van der Waals surface area contributed by atoms with Crippen molar-refractivity contribution in [3.63, 3.8) is 0 Å². The molecule has 7 heteroatoms. The van der Waals surface area contributed by atoms with Crippen LogP contribution in [0.5, 0.6) is 17.2 Å². The monoisotopic (exact) mass is 446 g/mol. The Kier molecular flexibility index (Phi) is 8.07. The molecule has 3 aromatic rings. The summed E-state index contributed by atoms with van der Waals surface area (Å²) in [5.74, 6) is 0.727. The van der Waals surface area contributed by atoms with Crippen LogP contribution in [-0.4, -0.2) is 32.6 Å². The molecule has 3 N–H and O–H groups in total. The van der Waals surface area contributed by atoms with Gasteiger partial charge in [0.25, 0.3) is 5.91 Å². The van der Waals surface area contributed by atoms with Gasteiger partial charge in [-0.1, -0.05) is 48.5 Å². The average Bonchev–Trinajstić information content (AvgIpc) is 2.85. The Labute approximate surface area is 192 Å². The number of methoxy groups -OCH3 is 2. The second kappa shape index (κ2) is 11.4. The number of rotatable bonds is 10. The molecule has 0 saturated carbocycles. The maximum absolute atomic E-state index is 12.8. The lowest BCUT2D eigenvalue weighted by atomic mass is 9.98. The molecule has 0 bridgehead atoms. The Morgan fingerprint density at radius 1 is 0.909 bits per heavy atom. The molecule has 0 saturated heterocycles. The predicted molar refractivity (Wildman–Crippen MR) is 126 cm³/mol. The van der Waals surface area contributed by atoms with Crippen molar-refractivity contribution in [3.8, 4) is 17.2 Å². The molecule has 0 aliphatic heterocycles. The second-order valence-corrected chi connectivity index (χ2v) is 7.12. The first kappa shape index (κ1) is 23.4. The maximum atomic E-state index is 12.8. The first-order chi connectivity index (χ1) is 16.0. The third kappa shape index (κ3) is 6.61. The molecular formula is C26H26N2O5. The number of ether oxygens (including phenoxy) is 3. The lowest BCUT2D eigenvalue weighted by Crippen LogP contribution is -2.27. The zero-order valence-electron chi connectivity index (χ0n) is 18.5. The molecule has 33 heavy (non-hydrogen) atoms. The standard InChI is InChI=1S/C26H26N2O5/c1-31-21-12-10-20(11-13-21)26(19-6-4-3-5-7-19)28-25(30)15-9-18-8-14-22(23(16-18)32-2)33-17-24(27)29/h3-16,26H,17H2,1-2H3,(H2,27,29)(H,28,30)/b15-9+. The van der Waals surface area contributed by atoms with Crippen LogP contribution in [0.3, 0.4) is 0 Å². The average molecular weight is 447 g/mol. The smallest absolute Gasteiger partial charge is 0.255 e. The lowest BCUT2D eigenvalue weighted by Gasteiger charge is -2.19. The molecule has 1 unspecified atom stereocenters. The number of primary amides is 1. The number of benzene rings is 3. The van der Waals surface area contributed by atoms with E-state index in [1.807, 2.05) is 54.6 Å². The van der Waals surface area contributed by atoms with E-state index in [0.29, 0.717) is 11.5 Å². The first-order valence-corrected chi connectivity index (χ1v) is 10.3. The first-order valence-electron chi connectivity index (χ1n) is 10.3. The number of carbonyl (C=O) groups excluding carboxylic acids is 2. The molecule has 7 nitrogen and oxygen atoms in total. The zero-order valence-corrected chi connectivity index (χ0v) is 18.5. The molecule has 3 aromatic carbocycles. The van der Waals surface area contributed by atoms with Crippen molar-refractivity contribution >= 4 is 17.9 Å². The minimum absolute atomic E-state index is 0.250. The van der Waals surface area contributed by atoms with Crippen LogP contribution in [0.2, 0.25) is 0 Å². The summed E-state index contributed by atoms with van der Waals surface area (Å²) in [6, 6.07) is 22.1. The van der Waals surface area contributed by atoms with Crippen LogP contribution in [0.25, 0.3) is 6.08 Å². The summed E-state index contributed by atoms with van der Waals surface area (Å²) in [6.45, 7) is -0.250. The summed E-state index contributed by atoms with van der Waals surface area (Å²) in [4.78, 5) is 23.7. The third-order valence-corrected chi connectivity index (χ3v) is 4.85. The summed E-state index contributed by atoms with van der Waals surface area (Å²) in [5, 5.41) is 3.06. The van der Waals surface area contributed by atoms with Crippen molar-refractivity contribution in [2.24, 2.45) is 5.73 Å². The van der Waals surface area contributed by atoms with Gasteiger partial charge in [-0.25, -0.2) is 0 Å². The van der Waals surface area contributed by atoms with Crippen molar-refractivity contribution < 1.29 is 23.8 Å². The molecule has 0 heterocycles. The van der Waals surface area contributed by atoms with Crippen LogP contribution in [-0.2, 0) is 9.59 Å². The molecule has 0 spiro atoms. The van der Waals surface area contributed by atoms with E-state index >= 15 is 0 Å². The van der Waals surface area contributed by atoms with Gasteiger partial charge in [-0.2, -0.15) is 0 Å². The minimum Gasteiger partial charge on any atom is -0.497 e. The summed E-state index contributed by atoms with van der Waals surface area (Å²) >= 11 is 0. The summed E-state index contributed by atoms with van der Waals surface area (Å²) in [5.41, 5.74) is 7.74. The van der Waals surface area contributed by atoms with E-state index in [1.165, 1.54) is 13.2 Å². The summed E-state index contributed by atoms with van der Waals surface area (Å²) in [6.07, 6.45) is 3.13. The van der Waals surface area contributed by atoms with Gasteiger partial charge in [0.15, 0.2) is 18.1 Å². The quantitative estimate of drug-likeness (QED) is 0.465. The zero-order chi connectivity index (χ0) is 23.6. The molecule has 3 rings (SSSR count). The molecule has 0 aromatic heterocycles. The molecule has 0 fully saturated rings. The Balaban J connectivity index is 1.76. The number of carbonyl (C=O) groups is 2. The van der Waals surface area contributed by atoms with Crippen LogP contribution in [0.4, 0.5) is 0 Å². The highest BCUT2D eigenvalue weighted by molar-refractivity contribution is 5.92. The van der Waals surface area contributed by atoms with Crippen LogP contribution in [0.1, 0.15) is 22.7 Å². The van der Waals surface area contributed by atoms with Gasteiger partial charge in [0, 0.05) is 6.08 Å². The topological polar surface area (TPSA) is 99.9 Å². The van der Waals surface area contributed by atoms with Crippen molar-refractivity contribution in [3.05, 3.63) is 95.6 Å². The maximum Gasteiger partial charge on any atom is 0.255 e. The molecule has 0 aliphatic rings. The van der Waals surface area contributed by atoms with E-state index in [-0.39, 0.29) is 18.6 Å². The lowest BCUT2D eigenvalue weighted by molar-refractivity contribution is -0.120. The van der Waals surface area contributed by atoms with E-state index in [2.05, 4.69) is 5.32 Å². The van der Waals surface area contributed by atoms with Gasteiger partial charge in [0.2, 0.25) is 5.91 Å². The molecule has 0 radical (unpaired) electrons. The molecule has 0 aliphatic carbocycles. The Bertz CT molecular complexity index is 1110. The van der Waals surface area contributed by atoms with Crippen LogP contribution in [0.15, 0.2) is 78.9 Å². The highest BCUT2D eigenvalue weighted by Crippen LogP contribution is 2.29. The molecular weight excluding hydrogens is 420 g/mol. The Morgan fingerprint density at radius 3 is 2.24 bits per heavy atom. The van der Waals surface area contributed by atoms with Gasteiger partial charge in [0.05, 0.1) is 20.3 Å². The summed E-state index contributed by atoms with van der Waals surface area (Å²) in [7, 11) is 3.10. The third-order valence-electron chi connectivity index (χ3n) is 4.85. The summed E-state index contributed by atoms with van der Waals surface area (Å²) < 4.78 is 15.9. The minimum atomic E-state index is -0.581. The molecule has 170 valence electrons. The molecule has 1 atom stereocenters. The van der Waals surface area contributed by atoms with Gasteiger partial charge < -0.3 is 25.3 Å². The fourth-order valence-electron chi connectivity index (χ4n) is 3.22. The number of hydrogen-bond donors (Lipinski definition) is 2. The van der Waals surface area contributed by atoms with Crippen molar-refractivity contribution in [1.29, 1.82) is 0 Å². The van der Waals surface area contributed by atoms with Crippen molar-refractivity contribution in [2.75, 3.05) is 20.8 Å². The van der Waals surface area contributed by atoms with Gasteiger partial charge in [-0.15, -0.1) is 0 Å². The van der Waals surface area contributed by atoms with E-state index < -0.39 is 5.91 Å². The van der Waals surface area contributed by atoms with Crippen molar-refractivity contribution in [1.82, 2.24) is 5.32 Å². The number of amides is 2. The number of nitrogens with one attached hydrogen (secondary N) is 1. The largest absolute Gasteiger partial charge is 0.497 e. The number of nitrogens with two attached hydrogens (primary N) is 1. The second-order valence-electron chi connectivity index (χ2n) is 7.12. The highest BCUT2D eigenvalue weighted by atomic mass is 16.5. The Hall–Kier alpha value is -4.26. The van der Waals surface area contributed by atoms with E-state index in [9.17, 15) is 9.59 Å². The van der Waals surface area contributed by atoms with Crippen LogP contribution in [0, 0.1) is 0 Å². The fraction of sp³-hybridized carbons (Fsp3) is 0.154. The van der Waals surface area contributed by atoms with Crippen molar-refractivity contribution in [2.45, 2.75) is 6.04 Å². The highest BCUT2D eigenvalue weighted by Gasteiger charge is 2.16. The fourth-order valence-corrected chi connectivity index (χ4v) is 3.22. The molecule has 2 amide bonds. The Morgan fingerprint density at radius 2 is 1.61 bits per heavy atom. The number of hydrogen-bond acceptors (Lipinski definition) is 5. The van der Waals surface area contributed by atoms with Crippen LogP contribution >= 0.6 is 0 Å². The van der Waals surface area contributed by atoms with Gasteiger partial charge in [-0.05, 0) is 47.0 Å². The van der Waals surface area contributed by atoms with Gasteiger partial charge in [-0.3, -0.25) is 9.59 Å². The van der Waals surface area contributed by atoms with E-state index in [0.717, 1.165) is 22.4 Å². The van der Waals surface area contributed by atoms with E-state index in [1.54, 1.807) is 31.4 Å². The van der Waals surface area contributed by atoms with E-state index in [4.69, 9.17) is 19.9 Å². The predicted octanol–water partition coefficient (Wildman–Crippen LogP) is 3.49. The van der Waals surface area contributed by atoms with Gasteiger partial charge in [0.1, 0.15) is 5.75 Å². The normalized spacial score (nSPS) is 11.6.